The van der Waals surface area contributed by atoms with Crippen LogP contribution in [-0.4, -0.2) is 87.8 Å². The molecule has 1 fully saturated rings. The molecule has 1 aromatic rings. The van der Waals surface area contributed by atoms with E-state index in [2.05, 4.69) is 20.5 Å². The Kier molecular flexibility index (Phi) is 8.38. The fourth-order valence-corrected chi connectivity index (χ4v) is 2.84. The molecular weight excluding hydrogens is 362 g/mol. The van der Waals surface area contributed by atoms with Gasteiger partial charge in [0.25, 0.3) is 5.91 Å². The smallest absolute Gasteiger partial charge is 0.409 e. The van der Waals surface area contributed by atoms with E-state index in [4.69, 9.17) is 9.47 Å². The van der Waals surface area contributed by atoms with E-state index < -0.39 is 0 Å². The normalized spacial score (nSPS) is 14.5. The lowest BCUT2D eigenvalue weighted by Crippen LogP contribution is -2.54. The zero-order valence-corrected chi connectivity index (χ0v) is 16.7. The third-order valence-electron chi connectivity index (χ3n) is 4.36. The van der Waals surface area contributed by atoms with Gasteiger partial charge in [-0.25, -0.2) is 4.79 Å². The van der Waals surface area contributed by atoms with Crippen LogP contribution in [-0.2, 0) is 4.74 Å². The third-order valence-corrected chi connectivity index (χ3v) is 4.36. The summed E-state index contributed by atoms with van der Waals surface area (Å²) in [5.41, 5.74) is 0.584. The Labute approximate surface area is 165 Å². The van der Waals surface area contributed by atoms with Gasteiger partial charge in [0.15, 0.2) is 5.96 Å². The maximum atomic E-state index is 12.1. The lowest BCUT2D eigenvalue weighted by atomic mass is 10.2. The molecule has 0 unspecified atom stereocenters. The lowest BCUT2D eigenvalue weighted by molar-refractivity contribution is 0.0914. The molecule has 2 amide bonds. The van der Waals surface area contributed by atoms with Gasteiger partial charge in [0, 0.05) is 51.9 Å². The quantitative estimate of drug-likeness (QED) is 0.423. The number of amides is 2. The highest BCUT2D eigenvalue weighted by Gasteiger charge is 2.23. The van der Waals surface area contributed by atoms with E-state index in [-0.39, 0.29) is 12.0 Å². The van der Waals surface area contributed by atoms with Gasteiger partial charge in [0.1, 0.15) is 5.75 Å². The molecule has 1 aromatic carbocycles. The lowest BCUT2D eigenvalue weighted by Gasteiger charge is -2.35. The first kappa shape index (κ1) is 21.3. The maximum absolute atomic E-state index is 12.1. The minimum absolute atomic E-state index is 0.137. The number of hydrogen-bond donors (Lipinski definition) is 2. The van der Waals surface area contributed by atoms with Crippen molar-refractivity contribution in [2.75, 3.05) is 60.0 Å². The van der Waals surface area contributed by atoms with Crippen LogP contribution in [0.15, 0.2) is 29.3 Å². The van der Waals surface area contributed by atoms with E-state index in [0.29, 0.717) is 57.2 Å². The number of piperazine rings is 1. The van der Waals surface area contributed by atoms with Crippen molar-refractivity contribution in [1.29, 1.82) is 0 Å². The molecule has 9 nitrogen and oxygen atoms in total. The van der Waals surface area contributed by atoms with Crippen LogP contribution in [0, 0.1) is 0 Å². The second kappa shape index (κ2) is 11.0. The summed E-state index contributed by atoms with van der Waals surface area (Å²) in [5.74, 6) is 1.33. The molecule has 1 aliphatic heterocycles. The molecule has 0 aliphatic carbocycles. The molecule has 0 aromatic heterocycles. The SMILES string of the molecule is CCOC(=O)N1CCN(C(=NC)NCCNC(=O)c2ccc(OC)cc2)CC1. The van der Waals surface area contributed by atoms with Gasteiger partial charge in [-0.15, -0.1) is 0 Å². The summed E-state index contributed by atoms with van der Waals surface area (Å²) < 4.78 is 10.1. The van der Waals surface area contributed by atoms with Crippen molar-refractivity contribution in [3.63, 3.8) is 0 Å². The Morgan fingerprint density at radius 2 is 1.64 bits per heavy atom. The number of ether oxygens (including phenoxy) is 2. The molecule has 0 bridgehead atoms. The Balaban J connectivity index is 1.71. The van der Waals surface area contributed by atoms with Gasteiger partial charge < -0.3 is 29.9 Å². The number of hydrogen-bond acceptors (Lipinski definition) is 5. The summed E-state index contributed by atoms with van der Waals surface area (Å²) in [7, 11) is 3.31. The van der Waals surface area contributed by atoms with Crippen LogP contribution < -0.4 is 15.4 Å². The van der Waals surface area contributed by atoms with Gasteiger partial charge in [-0.1, -0.05) is 0 Å². The fourth-order valence-electron chi connectivity index (χ4n) is 2.84. The molecule has 0 radical (unpaired) electrons. The van der Waals surface area contributed by atoms with Crippen LogP contribution in [0.3, 0.4) is 0 Å². The van der Waals surface area contributed by atoms with Crippen molar-refractivity contribution in [1.82, 2.24) is 20.4 Å². The number of nitrogens with zero attached hydrogens (tertiary/aromatic N) is 3. The summed E-state index contributed by atoms with van der Waals surface area (Å²) in [5, 5.41) is 6.11. The van der Waals surface area contributed by atoms with Crippen LogP contribution >= 0.6 is 0 Å². The van der Waals surface area contributed by atoms with Crippen molar-refractivity contribution < 1.29 is 19.1 Å². The highest BCUT2D eigenvalue weighted by molar-refractivity contribution is 5.94. The van der Waals surface area contributed by atoms with Crippen LogP contribution in [0.5, 0.6) is 5.75 Å². The second-order valence-electron chi connectivity index (χ2n) is 6.13. The number of benzene rings is 1. The Morgan fingerprint density at radius 3 is 2.21 bits per heavy atom. The van der Waals surface area contributed by atoms with Gasteiger partial charge >= 0.3 is 6.09 Å². The van der Waals surface area contributed by atoms with Crippen LogP contribution in [0.2, 0.25) is 0 Å². The van der Waals surface area contributed by atoms with Gasteiger partial charge in [0.2, 0.25) is 0 Å². The van der Waals surface area contributed by atoms with Gasteiger partial charge in [-0.3, -0.25) is 9.79 Å². The molecule has 2 N–H and O–H groups in total. The van der Waals surface area contributed by atoms with Gasteiger partial charge in [-0.2, -0.15) is 0 Å². The summed E-state index contributed by atoms with van der Waals surface area (Å²) in [4.78, 5) is 32.0. The Bertz CT molecular complexity index is 669. The first-order valence-electron chi connectivity index (χ1n) is 9.38. The average molecular weight is 391 g/mol. The van der Waals surface area contributed by atoms with Crippen LogP contribution in [0.25, 0.3) is 0 Å². The molecule has 0 saturated carbocycles. The number of aliphatic imine (C=N–C) groups is 1. The van der Waals surface area contributed by atoms with E-state index in [0.717, 1.165) is 5.96 Å². The molecular formula is C19H29N5O4. The number of rotatable bonds is 6. The highest BCUT2D eigenvalue weighted by Crippen LogP contribution is 2.11. The molecule has 0 spiro atoms. The number of carbonyl (C=O) groups is 2. The largest absolute Gasteiger partial charge is 0.497 e. The second-order valence-corrected chi connectivity index (χ2v) is 6.13. The van der Waals surface area contributed by atoms with Crippen molar-refractivity contribution in [3.05, 3.63) is 29.8 Å². The van der Waals surface area contributed by atoms with E-state index in [1.165, 1.54) is 0 Å². The zero-order chi connectivity index (χ0) is 20.4. The first-order chi connectivity index (χ1) is 13.6. The molecule has 0 atom stereocenters. The summed E-state index contributed by atoms with van der Waals surface area (Å²) in [6.07, 6.45) is -0.272. The number of guanidine groups is 1. The summed E-state index contributed by atoms with van der Waals surface area (Å²) in [6, 6.07) is 6.96. The van der Waals surface area contributed by atoms with Crippen LogP contribution in [0.4, 0.5) is 4.79 Å². The van der Waals surface area contributed by atoms with E-state index >= 15 is 0 Å². The molecule has 1 saturated heterocycles. The summed E-state index contributed by atoms with van der Waals surface area (Å²) in [6.45, 7) is 5.73. The fraction of sp³-hybridized carbons (Fsp3) is 0.526. The monoisotopic (exact) mass is 391 g/mol. The number of methoxy groups -OCH3 is 1. The highest BCUT2D eigenvalue weighted by atomic mass is 16.6. The van der Waals surface area contributed by atoms with Crippen molar-refractivity contribution in [2.45, 2.75) is 6.92 Å². The minimum atomic E-state index is -0.272. The molecule has 9 heteroatoms. The molecule has 2 rings (SSSR count). The molecule has 28 heavy (non-hydrogen) atoms. The third kappa shape index (κ3) is 6.04. The average Bonchev–Trinajstić information content (AvgIpc) is 2.74. The minimum Gasteiger partial charge on any atom is -0.497 e. The van der Waals surface area contributed by atoms with Crippen molar-refractivity contribution in [2.24, 2.45) is 4.99 Å². The molecule has 1 heterocycles. The van der Waals surface area contributed by atoms with Gasteiger partial charge in [0.05, 0.1) is 13.7 Å². The standard InChI is InChI=1S/C19H29N5O4/c1-4-28-19(26)24-13-11-23(12-14-24)18(20-2)22-10-9-21-17(25)15-5-7-16(27-3)8-6-15/h5-8H,4,9-14H2,1-3H3,(H,20,22)(H,21,25). The molecule has 1 aliphatic rings. The molecule has 154 valence electrons. The predicted octanol–water partition coefficient (Wildman–Crippen LogP) is 0.775. The summed E-state index contributed by atoms with van der Waals surface area (Å²) >= 11 is 0. The Hall–Kier alpha value is -2.97. The number of nitrogens with one attached hydrogen (secondary N) is 2. The van der Waals surface area contributed by atoms with Crippen LogP contribution in [0.1, 0.15) is 17.3 Å². The topological polar surface area (TPSA) is 95.5 Å². The number of carbonyl (C=O) groups excluding carboxylic acids is 2. The van der Waals surface area contributed by atoms with E-state index in [1.807, 2.05) is 0 Å². The van der Waals surface area contributed by atoms with E-state index in [9.17, 15) is 9.59 Å². The maximum Gasteiger partial charge on any atom is 0.409 e. The van der Waals surface area contributed by atoms with Crippen molar-refractivity contribution in [3.8, 4) is 5.75 Å². The Morgan fingerprint density at radius 1 is 1.04 bits per heavy atom. The first-order valence-corrected chi connectivity index (χ1v) is 9.38. The van der Waals surface area contributed by atoms with E-state index in [1.54, 1.807) is 50.2 Å². The predicted molar refractivity (Wildman–Crippen MR) is 107 cm³/mol. The van der Waals surface area contributed by atoms with Crippen molar-refractivity contribution >= 4 is 18.0 Å². The zero-order valence-electron chi connectivity index (χ0n) is 16.7. The van der Waals surface area contributed by atoms with Gasteiger partial charge in [-0.05, 0) is 31.2 Å².